The molecule has 1 atom stereocenters. The van der Waals surface area contributed by atoms with Gasteiger partial charge in [-0.05, 0) is 19.1 Å². The summed E-state index contributed by atoms with van der Waals surface area (Å²) in [4.78, 5) is 17.5. The molecule has 1 aromatic rings. The summed E-state index contributed by atoms with van der Waals surface area (Å²) in [6.45, 7) is 2.36. The number of hydrogen-bond donors (Lipinski definition) is 1. The molecule has 2 rings (SSSR count). The van der Waals surface area contributed by atoms with Crippen LogP contribution in [0.5, 0.6) is 5.75 Å². The second-order valence-electron chi connectivity index (χ2n) is 4.21. The molecule has 92 valence electrons. The number of nitrogens with zero attached hydrogens (tertiary/aromatic N) is 2. The van der Waals surface area contributed by atoms with Gasteiger partial charge in [-0.2, -0.15) is 0 Å². The number of aliphatic hydroxyl groups excluding tert-OH is 1. The summed E-state index contributed by atoms with van der Waals surface area (Å²) >= 11 is 0. The lowest BCUT2D eigenvalue weighted by Gasteiger charge is -2.15. The molecule has 1 unspecified atom stereocenters. The van der Waals surface area contributed by atoms with Crippen LogP contribution in [0.2, 0.25) is 0 Å². The van der Waals surface area contributed by atoms with Gasteiger partial charge in [-0.1, -0.05) is 0 Å². The summed E-state index contributed by atoms with van der Waals surface area (Å²) in [5.74, 6) is 0.473. The largest absolute Gasteiger partial charge is 0.479 e. The number of likely N-dealkylation sites (N-methyl/N-ethyl adjacent to an activating group) is 1. The van der Waals surface area contributed by atoms with Crippen LogP contribution in [0.25, 0.3) is 0 Å². The van der Waals surface area contributed by atoms with E-state index in [-0.39, 0.29) is 12.5 Å². The summed E-state index contributed by atoms with van der Waals surface area (Å²) in [7, 11) is 1.76. The van der Waals surface area contributed by atoms with Crippen molar-refractivity contribution in [1.82, 2.24) is 9.88 Å². The topological polar surface area (TPSA) is 62.7 Å². The van der Waals surface area contributed by atoms with Crippen molar-refractivity contribution in [3.8, 4) is 5.75 Å². The first kappa shape index (κ1) is 11.9. The third kappa shape index (κ3) is 2.39. The van der Waals surface area contributed by atoms with Crippen LogP contribution < -0.4 is 4.74 Å². The third-order valence-corrected chi connectivity index (χ3v) is 2.87. The smallest absolute Gasteiger partial charge is 0.263 e. The maximum atomic E-state index is 11.7. The lowest BCUT2D eigenvalue weighted by atomic mass is 10.2. The van der Waals surface area contributed by atoms with Crippen LogP contribution in [-0.2, 0) is 11.4 Å². The summed E-state index contributed by atoms with van der Waals surface area (Å²) in [5.41, 5.74) is 1.30. The molecular weight excluding hydrogens is 220 g/mol. The Balaban J connectivity index is 2.16. The molecule has 1 aliphatic heterocycles. The van der Waals surface area contributed by atoms with Crippen molar-refractivity contribution in [2.45, 2.75) is 26.1 Å². The number of rotatable bonds is 3. The quantitative estimate of drug-likeness (QED) is 0.829. The molecule has 1 saturated heterocycles. The predicted molar refractivity (Wildman–Crippen MR) is 61.6 cm³/mol. The molecule has 1 aliphatic rings. The maximum absolute atomic E-state index is 11.7. The molecule has 0 saturated carbocycles. The van der Waals surface area contributed by atoms with Gasteiger partial charge in [-0.25, -0.2) is 0 Å². The molecule has 1 fully saturated rings. The van der Waals surface area contributed by atoms with Crippen LogP contribution in [-0.4, -0.2) is 40.6 Å². The van der Waals surface area contributed by atoms with E-state index in [1.54, 1.807) is 24.1 Å². The molecule has 1 amide bonds. The Labute approximate surface area is 100 Å². The molecule has 1 N–H and O–H groups in total. The monoisotopic (exact) mass is 236 g/mol. The number of aliphatic hydroxyl groups is 1. The van der Waals surface area contributed by atoms with Gasteiger partial charge >= 0.3 is 0 Å². The van der Waals surface area contributed by atoms with Crippen molar-refractivity contribution in [1.29, 1.82) is 0 Å². The van der Waals surface area contributed by atoms with Gasteiger partial charge in [0.05, 0.1) is 6.61 Å². The number of amides is 1. The Morgan fingerprint density at radius 1 is 1.59 bits per heavy atom. The number of aromatic nitrogens is 1. The van der Waals surface area contributed by atoms with Crippen molar-refractivity contribution >= 4 is 5.91 Å². The third-order valence-electron chi connectivity index (χ3n) is 2.87. The SMILES string of the molecule is Cc1ccc(OC2CCN(C)C2=O)c(CO)n1. The molecule has 0 bridgehead atoms. The lowest BCUT2D eigenvalue weighted by Crippen LogP contribution is -2.29. The number of hydrogen-bond acceptors (Lipinski definition) is 4. The van der Waals surface area contributed by atoms with Gasteiger partial charge in [0, 0.05) is 25.7 Å². The van der Waals surface area contributed by atoms with Gasteiger partial charge < -0.3 is 14.7 Å². The van der Waals surface area contributed by atoms with Gasteiger partial charge in [-0.15, -0.1) is 0 Å². The zero-order valence-corrected chi connectivity index (χ0v) is 10.0. The molecular formula is C12H16N2O3. The number of carbonyl (C=O) groups is 1. The van der Waals surface area contributed by atoms with Crippen LogP contribution in [0.1, 0.15) is 17.8 Å². The Bertz CT molecular complexity index is 434. The van der Waals surface area contributed by atoms with E-state index in [1.165, 1.54) is 0 Å². The van der Waals surface area contributed by atoms with E-state index in [0.29, 0.717) is 24.4 Å². The van der Waals surface area contributed by atoms with Gasteiger partial charge in [-0.3, -0.25) is 9.78 Å². The first-order valence-electron chi connectivity index (χ1n) is 5.61. The summed E-state index contributed by atoms with van der Waals surface area (Å²) < 4.78 is 5.62. The first-order valence-corrected chi connectivity index (χ1v) is 5.61. The minimum atomic E-state index is -0.449. The van der Waals surface area contributed by atoms with Crippen LogP contribution >= 0.6 is 0 Å². The Morgan fingerprint density at radius 3 is 2.94 bits per heavy atom. The minimum absolute atomic E-state index is 0.0190. The normalized spacial score (nSPS) is 19.8. The zero-order valence-electron chi connectivity index (χ0n) is 10.0. The summed E-state index contributed by atoms with van der Waals surface area (Å²) in [6, 6.07) is 3.55. The van der Waals surface area contributed by atoms with Crippen LogP contribution in [0, 0.1) is 6.92 Å². The highest BCUT2D eigenvalue weighted by molar-refractivity contribution is 5.83. The van der Waals surface area contributed by atoms with Gasteiger partial charge in [0.25, 0.3) is 5.91 Å². The average Bonchev–Trinajstić information content (AvgIpc) is 2.63. The Kier molecular flexibility index (Phi) is 3.28. The van der Waals surface area contributed by atoms with E-state index >= 15 is 0 Å². The first-order chi connectivity index (χ1) is 8.11. The van der Waals surface area contributed by atoms with Gasteiger partial charge in [0.2, 0.25) is 0 Å². The highest BCUT2D eigenvalue weighted by Gasteiger charge is 2.31. The minimum Gasteiger partial charge on any atom is -0.479 e. The van der Waals surface area contributed by atoms with E-state index in [1.807, 2.05) is 6.92 Å². The van der Waals surface area contributed by atoms with Crippen LogP contribution in [0.15, 0.2) is 12.1 Å². The fourth-order valence-corrected chi connectivity index (χ4v) is 1.87. The number of likely N-dealkylation sites (tertiary alicyclic amines) is 1. The van der Waals surface area contributed by atoms with Crippen molar-refractivity contribution in [2.75, 3.05) is 13.6 Å². The highest BCUT2D eigenvalue weighted by Crippen LogP contribution is 2.22. The molecule has 17 heavy (non-hydrogen) atoms. The fraction of sp³-hybridized carbons (Fsp3) is 0.500. The average molecular weight is 236 g/mol. The summed E-state index contributed by atoms with van der Waals surface area (Å²) in [5, 5.41) is 9.20. The number of pyridine rings is 1. The number of carbonyl (C=O) groups excluding carboxylic acids is 1. The molecule has 5 heteroatoms. The molecule has 0 radical (unpaired) electrons. The zero-order chi connectivity index (χ0) is 12.4. The van der Waals surface area contributed by atoms with Crippen molar-refractivity contribution in [3.05, 3.63) is 23.5 Å². The van der Waals surface area contributed by atoms with E-state index in [9.17, 15) is 9.90 Å². The fourth-order valence-electron chi connectivity index (χ4n) is 1.87. The standard InChI is InChI=1S/C12H16N2O3/c1-8-3-4-10(9(7-15)13-8)17-11-5-6-14(2)12(11)16/h3-4,11,15H,5-7H2,1-2H3. The second kappa shape index (κ2) is 4.71. The van der Waals surface area contributed by atoms with Crippen molar-refractivity contribution in [2.24, 2.45) is 0 Å². The Morgan fingerprint density at radius 2 is 2.35 bits per heavy atom. The Hall–Kier alpha value is -1.62. The second-order valence-corrected chi connectivity index (χ2v) is 4.21. The molecule has 0 spiro atoms. The van der Waals surface area contributed by atoms with Crippen molar-refractivity contribution < 1.29 is 14.6 Å². The van der Waals surface area contributed by atoms with E-state index < -0.39 is 6.10 Å². The molecule has 5 nitrogen and oxygen atoms in total. The van der Waals surface area contributed by atoms with Crippen LogP contribution in [0.4, 0.5) is 0 Å². The van der Waals surface area contributed by atoms with Gasteiger partial charge in [0.1, 0.15) is 11.4 Å². The van der Waals surface area contributed by atoms with E-state index in [2.05, 4.69) is 4.98 Å². The lowest BCUT2D eigenvalue weighted by molar-refractivity contribution is -0.132. The molecule has 0 aliphatic carbocycles. The van der Waals surface area contributed by atoms with E-state index in [0.717, 1.165) is 5.69 Å². The highest BCUT2D eigenvalue weighted by atomic mass is 16.5. The van der Waals surface area contributed by atoms with Gasteiger partial charge in [0.15, 0.2) is 6.10 Å². The predicted octanol–water partition coefficient (Wildman–Crippen LogP) is 0.492. The summed E-state index contributed by atoms with van der Waals surface area (Å²) in [6.07, 6.45) is 0.225. The molecule has 2 heterocycles. The van der Waals surface area contributed by atoms with E-state index in [4.69, 9.17) is 4.74 Å². The van der Waals surface area contributed by atoms with Crippen LogP contribution in [0.3, 0.4) is 0 Å². The molecule has 1 aromatic heterocycles. The maximum Gasteiger partial charge on any atom is 0.263 e. The van der Waals surface area contributed by atoms with Crippen molar-refractivity contribution in [3.63, 3.8) is 0 Å². The molecule has 0 aromatic carbocycles. The number of aryl methyl sites for hydroxylation is 1. The number of ether oxygens (including phenoxy) is 1.